The van der Waals surface area contributed by atoms with E-state index in [4.69, 9.17) is 4.74 Å². The number of hydrogen-bond donors (Lipinski definition) is 2. The number of fused-ring (bicyclic) bond motifs is 2. The first-order valence-corrected chi connectivity index (χ1v) is 13.1. The first-order chi connectivity index (χ1) is 19.1. The number of benzene rings is 2. The second-order valence-corrected chi connectivity index (χ2v) is 10.1. The molecule has 1 fully saturated rings. The van der Waals surface area contributed by atoms with Crippen LogP contribution in [0.15, 0.2) is 73.2 Å². The summed E-state index contributed by atoms with van der Waals surface area (Å²) in [6, 6.07) is 17.1. The maximum Gasteiger partial charge on any atom is 0.155 e. The molecule has 2 N–H and O–H groups in total. The lowest BCUT2D eigenvalue weighted by atomic mass is 10.0. The van der Waals surface area contributed by atoms with Crippen LogP contribution >= 0.6 is 0 Å². The Kier molecular flexibility index (Phi) is 5.82. The number of likely N-dealkylation sites (tertiary alicyclic amines) is 1. The van der Waals surface area contributed by atoms with Gasteiger partial charge in [-0.15, -0.1) is 0 Å². The monoisotopic (exact) mass is 518 g/mol. The van der Waals surface area contributed by atoms with Crippen LogP contribution < -0.4 is 4.74 Å². The third-order valence-electron chi connectivity index (χ3n) is 7.49. The van der Waals surface area contributed by atoms with E-state index in [1.165, 1.54) is 30.5 Å². The summed E-state index contributed by atoms with van der Waals surface area (Å²) in [5.74, 6) is 0.140. The fourth-order valence-electron chi connectivity index (χ4n) is 5.57. The molecule has 4 aromatic heterocycles. The number of aromatic nitrogens is 5. The molecule has 0 bridgehead atoms. The molecule has 5 heterocycles. The molecule has 0 aliphatic carbocycles. The highest BCUT2D eigenvalue weighted by molar-refractivity contribution is 6.01. The molecule has 1 saturated heterocycles. The van der Waals surface area contributed by atoms with Gasteiger partial charge in [0.25, 0.3) is 0 Å². The molecule has 8 heteroatoms. The van der Waals surface area contributed by atoms with Gasteiger partial charge in [-0.25, -0.2) is 9.37 Å². The lowest BCUT2D eigenvalue weighted by Crippen LogP contribution is -2.18. The summed E-state index contributed by atoms with van der Waals surface area (Å²) in [4.78, 5) is 15.1. The van der Waals surface area contributed by atoms with Crippen molar-refractivity contribution in [2.45, 2.75) is 19.4 Å². The van der Waals surface area contributed by atoms with E-state index >= 15 is 0 Å². The van der Waals surface area contributed by atoms with Crippen molar-refractivity contribution in [3.05, 3.63) is 84.6 Å². The Labute approximate surface area is 224 Å². The van der Waals surface area contributed by atoms with Gasteiger partial charge in [0.15, 0.2) is 5.65 Å². The van der Waals surface area contributed by atoms with Crippen molar-refractivity contribution < 1.29 is 9.13 Å². The second kappa shape index (κ2) is 9.63. The summed E-state index contributed by atoms with van der Waals surface area (Å²) in [5, 5.41) is 9.56. The van der Waals surface area contributed by atoms with E-state index in [1.807, 2.05) is 42.9 Å². The van der Waals surface area contributed by atoms with E-state index in [1.54, 1.807) is 7.11 Å². The van der Waals surface area contributed by atoms with Crippen LogP contribution in [0.4, 0.5) is 4.39 Å². The van der Waals surface area contributed by atoms with Gasteiger partial charge in [-0.2, -0.15) is 5.10 Å². The zero-order valence-electron chi connectivity index (χ0n) is 21.5. The molecule has 39 heavy (non-hydrogen) atoms. The topological polar surface area (TPSA) is 82.7 Å². The molecule has 0 radical (unpaired) electrons. The average Bonchev–Trinajstić information content (AvgIpc) is 3.72. The SMILES string of the molecule is COc1cc(F)cc(-c2cccc3[nH]c(-c4n[nH]c5ncc(-c6cncc(CN7CCCC7)c6)cc45)cc23)c1. The van der Waals surface area contributed by atoms with Crippen molar-refractivity contribution in [3.63, 3.8) is 0 Å². The van der Waals surface area contributed by atoms with Crippen LogP contribution in [0.3, 0.4) is 0 Å². The number of halogens is 1. The molecule has 194 valence electrons. The number of ether oxygens (including phenoxy) is 1. The van der Waals surface area contributed by atoms with Crippen LogP contribution in [0.25, 0.3) is 55.6 Å². The molecule has 1 aliphatic heterocycles. The Morgan fingerprint density at radius 1 is 0.923 bits per heavy atom. The van der Waals surface area contributed by atoms with Gasteiger partial charge in [-0.1, -0.05) is 12.1 Å². The Morgan fingerprint density at radius 2 is 1.79 bits per heavy atom. The van der Waals surface area contributed by atoms with Gasteiger partial charge in [0.2, 0.25) is 0 Å². The molecule has 0 spiro atoms. The van der Waals surface area contributed by atoms with Crippen molar-refractivity contribution in [1.82, 2.24) is 30.0 Å². The van der Waals surface area contributed by atoms with Crippen molar-refractivity contribution >= 4 is 21.9 Å². The van der Waals surface area contributed by atoms with Gasteiger partial charge < -0.3 is 9.72 Å². The predicted octanol–water partition coefficient (Wildman–Crippen LogP) is 6.58. The van der Waals surface area contributed by atoms with Crippen LogP contribution in [0.5, 0.6) is 5.75 Å². The van der Waals surface area contributed by atoms with E-state index in [9.17, 15) is 4.39 Å². The number of aromatic amines is 2. The van der Waals surface area contributed by atoms with Crippen molar-refractivity contribution in [2.24, 2.45) is 0 Å². The Morgan fingerprint density at radius 3 is 2.67 bits per heavy atom. The molecule has 0 atom stereocenters. The highest BCUT2D eigenvalue weighted by atomic mass is 19.1. The van der Waals surface area contributed by atoms with Crippen molar-refractivity contribution in [3.8, 4) is 39.4 Å². The number of hydrogen-bond acceptors (Lipinski definition) is 5. The molecule has 2 aromatic carbocycles. The largest absolute Gasteiger partial charge is 0.497 e. The van der Waals surface area contributed by atoms with Gasteiger partial charge in [0, 0.05) is 58.6 Å². The molecule has 1 aliphatic rings. The molecule has 0 unspecified atom stereocenters. The average molecular weight is 519 g/mol. The van der Waals surface area contributed by atoms with Crippen LogP contribution in [-0.4, -0.2) is 50.2 Å². The number of methoxy groups -OCH3 is 1. The molecule has 0 saturated carbocycles. The quantitative estimate of drug-likeness (QED) is 0.260. The van der Waals surface area contributed by atoms with Gasteiger partial charge >= 0.3 is 0 Å². The molecule has 7 rings (SSSR count). The lowest BCUT2D eigenvalue weighted by molar-refractivity contribution is 0.331. The Hall–Kier alpha value is -4.56. The summed E-state index contributed by atoms with van der Waals surface area (Å²) < 4.78 is 19.6. The standard InChI is InChI=1S/C31H27FN6O/c1-39-24-11-20(10-23(32)13-24)25-5-4-6-28-26(25)14-29(35-28)30-27-12-22(17-34-31(27)37-36-30)21-9-19(15-33-16-21)18-38-7-2-3-8-38/h4-6,9-17,35H,2-3,7-8,18H2,1H3,(H,34,36,37). The van der Waals surface area contributed by atoms with Gasteiger partial charge in [-0.3, -0.25) is 15.0 Å². The van der Waals surface area contributed by atoms with Crippen molar-refractivity contribution in [1.29, 1.82) is 0 Å². The fraction of sp³-hybridized carbons (Fsp3) is 0.194. The van der Waals surface area contributed by atoms with Gasteiger partial charge in [-0.05, 0) is 79.0 Å². The maximum absolute atomic E-state index is 14.3. The minimum Gasteiger partial charge on any atom is -0.497 e. The summed E-state index contributed by atoms with van der Waals surface area (Å²) >= 11 is 0. The number of rotatable bonds is 6. The first kappa shape index (κ1) is 23.5. The fourth-order valence-corrected chi connectivity index (χ4v) is 5.57. The van der Waals surface area contributed by atoms with Crippen LogP contribution in [0, 0.1) is 5.82 Å². The van der Waals surface area contributed by atoms with E-state index in [-0.39, 0.29) is 5.82 Å². The predicted molar refractivity (Wildman–Crippen MR) is 151 cm³/mol. The summed E-state index contributed by atoms with van der Waals surface area (Å²) in [6.07, 6.45) is 8.23. The third kappa shape index (κ3) is 4.42. The third-order valence-corrected chi connectivity index (χ3v) is 7.49. The van der Waals surface area contributed by atoms with Crippen LogP contribution in [-0.2, 0) is 6.54 Å². The van der Waals surface area contributed by atoms with Crippen molar-refractivity contribution in [2.75, 3.05) is 20.2 Å². The van der Waals surface area contributed by atoms with E-state index in [0.717, 1.165) is 69.6 Å². The Bertz CT molecular complexity index is 1820. The van der Waals surface area contributed by atoms with Gasteiger partial charge in [0.05, 0.1) is 12.8 Å². The van der Waals surface area contributed by atoms with Crippen LogP contribution in [0.1, 0.15) is 18.4 Å². The normalized spacial score (nSPS) is 14.0. The molecule has 6 aromatic rings. The Balaban J connectivity index is 1.28. The molecular formula is C31H27FN6O. The molecule has 7 nitrogen and oxygen atoms in total. The lowest BCUT2D eigenvalue weighted by Gasteiger charge is -2.14. The number of pyridine rings is 2. The molecular weight excluding hydrogens is 491 g/mol. The minimum atomic E-state index is -0.340. The number of nitrogens with one attached hydrogen (secondary N) is 2. The highest BCUT2D eigenvalue weighted by Gasteiger charge is 2.17. The van der Waals surface area contributed by atoms with E-state index < -0.39 is 0 Å². The van der Waals surface area contributed by atoms with E-state index in [0.29, 0.717) is 11.4 Å². The first-order valence-electron chi connectivity index (χ1n) is 13.1. The zero-order chi connectivity index (χ0) is 26.3. The minimum absolute atomic E-state index is 0.340. The number of nitrogens with zero attached hydrogens (tertiary/aromatic N) is 4. The van der Waals surface area contributed by atoms with Gasteiger partial charge in [0.1, 0.15) is 17.3 Å². The van der Waals surface area contributed by atoms with E-state index in [2.05, 4.69) is 48.2 Å². The summed E-state index contributed by atoms with van der Waals surface area (Å²) in [7, 11) is 1.54. The van der Waals surface area contributed by atoms with Crippen LogP contribution in [0.2, 0.25) is 0 Å². The number of H-pyrrole nitrogens is 2. The summed E-state index contributed by atoms with van der Waals surface area (Å²) in [6.45, 7) is 3.21. The summed E-state index contributed by atoms with van der Waals surface area (Å²) in [5.41, 5.74) is 8.17. The maximum atomic E-state index is 14.3. The molecule has 0 amide bonds. The second-order valence-electron chi connectivity index (χ2n) is 10.1. The zero-order valence-corrected chi connectivity index (χ0v) is 21.5. The smallest absolute Gasteiger partial charge is 0.155 e. The highest BCUT2D eigenvalue weighted by Crippen LogP contribution is 2.36.